The molecule has 7 nitrogen and oxygen atoms in total. The van der Waals surface area contributed by atoms with Crippen molar-refractivity contribution in [1.82, 2.24) is 4.90 Å². The van der Waals surface area contributed by atoms with Gasteiger partial charge >= 0.3 is 0 Å². The van der Waals surface area contributed by atoms with Crippen LogP contribution in [0.15, 0.2) is 88.8 Å². The monoisotopic (exact) mass is 487 g/mol. The molecule has 2 amide bonds. The number of thioether (sulfide) groups is 1. The number of rotatable bonds is 8. The summed E-state index contributed by atoms with van der Waals surface area (Å²) in [6.07, 6.45) is 1.77. The number of para-hydroxylation sites is 2. The maximum Gasteiger partial charge on any atom is 0.266 e. The van der Waals surface area contributed by atoms with Gasteiger partial charge in [-0.25, -0.2) is 4.99 Å². The molecular weight excluding hydrogens is 462 g/mol. The van der Waals surface area contributed by atoms with Gasteiger partial charge in [0, 0.05) is 17.8 Å². The van der Waals surface area contributed by atoms with Crippen LogP contribution in [0.4, 0.5) is 11.4 Å². The van der Waals surface area contributed by atoms with Crippen LogP contribution < -0.4 is 14.8 Å². The van der Waals surface area contributed by atoms with Crippen LogP contribution in [0.5, 0.6) is 11.5 Å². The zero-order valence-corrected chi connectivity index (χ0v) is 20.2. The number of ether oxygens (including phenoxy) is 2. The molecule has 1 aliphatic rings. The molecule has 1 aliphatic heterocycles. The van der Waals surface area contributed by atoms with Crippen LogP contribution in [0.25, 0.3) is 6.08 Å². The van der Waals surface area contributed by atoms with Crippen LogP contribution in [-0.2, 0) is 9.59 Å². The van der Waals surface area contributed by atoms with Crippen molar-refractivity contribution in [2.45, 2.75) is 6.92 Å². The molecule has 178 valence electrons. The van der Waals surface area contributed by atoms with Crippen LogP contribution >= 0.6 is 11.8 Å². The first kappa shape index (κ1) is 24.1. The first-order valence-corrected chi connectivity index (χ1v) is 11.9. The Morgan fingerprint density at radius 1 is 1.03 bits per heavy atom. The highest BCUT2D eigenvalue weighted by atomic mass is 32.2. The third-order valence-corrected chi connectivity index (χ3v) is 6.13. The lowest BCUT2D eigenvalue weighted by Crippen LogP contribution is -2.28. The zero-order chi connectivity index (χ0) is 24.6. The minimum absolute atomic E-state index is 0.124. The minimum Gasteiger partial charge on any atom is -0.497 e. The van der Waals surface area contributed by atoms with Crippen molar-refractivity contribution in [2.24, 2.45) is 4.99 Å². The smallest absolute Gasteiger partial charge is 0.266 e. The van der Waals surface area contributed by atoms with Gasteiger partial charge in [0.25, 0.3) is 11.8 Å². The summed E-state index contributed by atoms with van der Waals surface area (Å²) in [4.78, 5) is 32.2. The lowest BCUT2D eigenvalue weighted by Gasteiger charge is -2.12. The van der Waals surface area contributed by atoms with Gasteiger partial charge in [0.05, 0.1) is 17.7 Å². The number of amides is 2. The van der Waals surface area contributed by atoms with Gasteiger partial charge in [0.1, 0.15) is 11.5 Å². The number of nitrogens with zero attached hydrogens (tertiary/aromatic N) is 2. The average Bonchev–Trinajstić information content (AvgIpc) is 3.18. The fourth-order valence-corrected chi connectivity index (χ4v) is 4.43. The molecule has 0 aromatic heterocycles. The number of aliphatic imine (C=N–C) groups is 1. The van der Waals surface area contributed by atoms with Crippen LogP contribution in [-0.4, -0.2) is 42.1 Å². The molecule has 0 bridgehead atoms. The molecule has 8 heteroatoms. The van der Waals surface area contributed by atoms with E-state index < -0.39 is 0 Å². The third-order valence-electron chi connectivity index (χ3n) is 5.12. The number of hydrogen-bond donors (Lipinski definition) is 1. The molecule has 35 heavy (non-hydrogen) atoms. The molecule has 0 radical (unpaired) electrons. The van der Waals surface area contributed by atoms with Crippen LogP contribution in [0.1, 0.15) is 12.5 Å². The quantitative estimate of drug-likeness (QED) is 0.434. The normalized spacial score (nSPS) is 15.5. The molecule has 1 N–H and O–H groups in total. The van der Waals surface area contributed by atoms with Gasteiger partial charge in [-0.2, -0.15) is 0 Å². The molecule has 3 aromatic rings. The number of hydrogen-bond acceptors (Lipinski definition) is 6. The molecule has 0 saturated carbocycles. The van der Waals surface area contributed by atoms with Gasteiger partial charge in [-0.05, 0) is 67.2 Å². The van der Waals surface area contributed by atoms with E-state index in [0.717, 1.165) is 11.4 Å². The van der Waals surface area contributed by atoms with E-state index in [1.165, 1.54) is 11.8 Å². The summed E-state index contributed by atoms with van der Waals surface area (Å²) in [5, 5.41) is 3.40. The van der Waals surface area contributed by atoms with Crippen molar-refractivity contribution < 1.29 is 19.1 Å². The Labute approximate surface area is 208 Å². The maximum absolute atomic E-state index is 13.1. The van der Waals surface area contributed by atoms with E-state index in [1.54, 1.807) is 24.2 Å². The summed E-state index contributed by atoms with van der Waals surface area (Å²) in [6.45, 7) is 2.25. The zero-order valence-electron chi connectivity index (χ0n) is 19.4. The largest absolute Gasteiger partial charge is 0.497 e. The molecule has 1 fully saturated rings. The van der Waals surface area contributed by atoms with E-state index in [-0.39, 0.29) is 18.4 Å². The number of likely N-dealkylation sites (N-methyl/N-ethyl adjacent to an activating group) is 1. The van der Waals surface area contributed by atoms with Crippen molar-refractivity contribution >= 4 is 46.2 Å². The number of methoxy groups -OCH3 is 1. The van der Waals surface area contributed by atoms with Gasteiger partial charge in [-0.3, -0.25) is 14.5 Å². The van der Waals surface area contributed by atoms with Crippen molar-refractivity contribution in [3.8, 4) is 11.5 Å². The predicted molar refractivity (Wildman–Crippen MR) is 140 cm³/mol. The molecule has 4 rings (SSSR count). The number of nitrogens with one attached hydrogen (secondary N) is 1. The van der Waals surface area contributed by atoms with Gasteiger partial charge in [0.15, 0.2) is 11.8 Å². The maximum atomic E-state index is 13.1. The number of carbonyl (C=O) groups is 2. The first-order valence-electron chi connectivity index (χ1n) is 11.1. The average molecular weight is 488 g/mol. The second-order valence-electron chi connectivity index (χ2n) is 7.49. The fourth-order valence-electron chi connectivity index (χ4n) is 3.37. The van der Waals surface area contributed by atoms with Crippen molar-refractivity contribution in [2.75, 3.05) is 25.6 Å². The highest BCUT2D eigenvalue weighted by Gasteiger charge is 2.32. The van der Waals surface area contributed by atoms with Crippen molar-refractivity contribution in [1.29, 1.82) is 0 Å². The highest BCUT2D eigenvalue weighted by Crippen LogP contribution is 2.35. The molecule has 0 atom stereocenters. The molecule has 3 aromatic carbocycles. The van der Waals surface area contributed by atoms with Gasteiger partial charge in [-0.15, -0.1) is 0 Å². The minimum atomic E-state index is -0.268. The Hall–Kier alpha value is -4.04. The van der Waals surface area contributed by atoms with Crippen LogP contribution in [0, 0.1) is 0 Å². The Morgan fingerprint density at radius 2 is 1.74 bits per heavy atom. The SMILES string of the molecule is CCN1C(=O)/C(=C\c2ccccc2OCC(=O)Nc2ccccc2)SC1=Nc1ccc(OC)cc1. The summed E-state index contributed by atoms with van der Waals surface area (Å²) in [5.41, 5.74) is 2.14. The van der Waals surface area contributed by atoms with E-state index in [1.807, 2.05) is 79.7 Å². The highest BCUT2D eigenvalue weighted by molar-refractivity contribution is 8.18. The molecule has 0 aliphatic carbocycles. The molecule has 1 saturated heterocycles. The van der Waals surface area contributed by atoms with E-state index in [9.17, 15) is 9.59 Å². The Balaban J connectivity index is 1.50. The topological polar surface area (TPSA) is 80.2 Å². The van der Waals surface area contributed by atoms with E-state index in [4.69, 9.17) is 9.47 Å². The summed E-state index contributed by atoms with van der Waals surface area (Å²) in [5.74, 6) is 0.865. The predicted octanol–water partition coefficient (Wildman–Crippen LogP) is 5.34. The second kappa shape index (κ2) is 11.4. The lowest BCUT2D eigenvalue weighted by molar-refractivity contribution is -0.122. The standard InChI is InChI=1S/C27H25N3O4S/c1-3-30-26(32)24(35-27(30)29-21-13-15-22(33-2)16-14-21)17-19-9-7-8-12-23(19)34-18-25(31)28-20-10-5-4-6-11-20/h4-17H,3,18H2,1-2H3,(H,28,31)/b24-17+,29-27?. The summed E-state index contributed by atoms with van der Waals surface area (Å²) < 4.78 is 11.0. The Bertz CT molecular complexity index is 1260. The summed E-state index contributed by atoms with van der Waals surface area (Å²) in [6, 6.07) is 23.8. The van der Waals surface area contributed by atoms with Crippen molar-refractivity contribution in [3.63, 3.8) is 0 Å². The molecule has 0 unspecified atom stereocenters. The molecule has 1 heterocycles. The number of benzene rings is 3. The fraction of sp³-hybridized carbons (Fsp3) is 0.148. The van der Waals surface area contributed by atoms with Gasteiger partial charge in [0.2, 0.25) is 0 Å². The summed E-state index contributed by atoms with van der Waals surface area (Å²) in [7, 11) is 1.61. The number of anilines is 1. The van der Waals surface area contributed by atoms with E-state index in [2.05, 4.69) is 10.3 Å². The van der Waals surface area contributed by atoms with E-state index >= 15 is 0 Å². The van der Waals surface area contributed by atoms with E-state index in [0.29, 0.717) is 33.6 Å². The number of amidine groups is 1. The second-order valence-corrected chi connectivity index (χ2v) is 8.50. The third kappa shape index (κ3) is 6.10. The lowest BCUT2D eigenvalue weighted by atomic mass is 10.2. The first-order chi connectivity index (χ1) is 17.1. The van der Waals surface area contributed by atoms with Crippen molar-refractivity contribution in [3.05, 3.63) is 89.3 Å². The van der Waals surface area contributed by atoms with Crippen LogP contribution in [0.2, 0.25) is 0 Å². The summed E-state index contributed by atoms with van der Waals surface area (Å²) >= 11 is 1.31. The van der Waals surface area contributed by atoms with Crippen LogP contribution in [0.3, 0.4) is 0 Å². The number of carbonyl (C=O) groups excluding carboxylic acids is 2. The van der Waals surface area contributed by atoms with Gasteiger partial charge in [-0.1, -0.05) is 36.4 Å². The molecule has 0 spiro atoms. The van der Waals surface area contributed by atoms with Gasteiger partial charge < -0.3 is 14.8 Å². The Morgan fingerprint density at radius 3 is 2.46 bits per heavy atom. The Kier molecular flexibility index (Phi) is 7.84. The molecular formula is C27H25N3O4S.